The molecule has 0 amide bonds. The summed E-state index contributed by atoms with van der Waals surface area (Å²) in [6.45, 7) is 7.85. The van der Waals surface area contributed by atoms with Crippen molar-refractivity contribution < 1.29 is 14.3 Å². The first kappa shape index (κ1) is 17.8. The number of hydrogen-bond donors (Lipinski definition) is 0. The van der Waals surface area contributed by atoms with Gasteiger partial charge in [0.15, 0.2) is 0 Å². The molecule has 0 N–H and O–H groups in total. The molecule has 2 rings (SSSR count). The molecular weight excluding hydrogens is 292 g/mol. The fourth-order valence-electron chi connectivity index (χ4n) is 3.15. The number of esters is 1. The van der Waals surface area contributed by atoms with Gasteiger partial charge in [-0.15, -0.1) is 0 Å². The molecule has 0 bridgehead atoms. The van der Waals surface area contributed by atoms with E-state index in [1.165, 1.54) is 0 Å². The van der Waals surface area contributed by atoms with E-state index in [-0.39, 0.29) is 36.4 Å². The number of nitrogens with zero attached hydrogens (tertiary/aromatic N) is 2. The van der Waals surface area contributed by atoms with E-state index in [9.17, 15) is 9.59 Å². The fraction of sp³-hybridized carbons (Fsp3) is 0.778. The molecule has 5 heteroatoms. The van der Waals surface area contributed by atoms with Crippen molar-refractivity contribution in [2.45, 2.75) is 77.5 Å². The summed E-state index contributed by atoms with van der Waals surface area (Å²) < 4.78 is 5.74. The predicted molar refractivity (Wildman–Crippen MR) is 88.2 cm³/mol. The maximum atomic E-state index is 12.2. The average molecular weight is 320 g/mol. The summed E-state index contributed by atoms with van der Waals surface area (Å²) in [7, 11) is 0. The molecule has 0 aromatic carbocycles. The summed E-state index contributed by atoms with van der Waals surface area (Å²) in [5, 5.41) is 9.01. The van der Waals surface area contributed by atoms with Crippen LogP contribution in [0.25, 0.3) is 0 Å². The van der Waals surface area contributed by atoms with Crippen molar-refractivity contribution in [3.05, 3.63) is 12.2 Å². The Morgan fingerprint density at radius 2 is 2.00 bits per heavy atom. The van der Waals surface area contributed by atoms with E-state index in [1.807, 2.05) is 27.7 Å². The van der Waals surface area contributed by atoms with E-state index >= 15 is 0 Å². The molecule has 5 nitrogen and oxygen atoms in total. The molecule has 0 radical (unpaired) electrons. The number of carbonyl (C=O) groups is 2. The van der Waals surface area contributed by atoms with Crippen LogP contribution in [0.5, 0.6) is 0 Å². The molecule has 0 aromatic heterocycles. The van der Waals surface area contributed by atoms with Crippen LogP contribution in [-0.2, 0) is 14.3 Å². The van der Waals surface area contributed by atoms with Crippen molar-refractivity contribution in [1.29, 1.82) is 0 Å². The van der Waals surface area contributed by atoms with Crippen LogP contribution < -0.4 is 0 Å². The number of azo groups is 1. The van der Waals surface area contributed by atoms with Crippen LogP contribution >= 0.6 is 0 Å². The molecule has 0 aromatic rings. The Balaban J connectivity index is 2.31. The Kier molecular flexibility index (Phi) is 5.71. The lowest BCUT2D eigenvalue weighted by Crippen LogP contribution is -2.42. The second-order valence-corrected chi connectivity index (χ2v) is 7.60. The van der Waals surface area contributed by atoms with Gasteiger partial charge in [-0.1, -0.05) is 26.0 Å². The van der Waals surface area contributed by atoms with Crippen LogP contribution in [0.3, 0.4) is 0 Å². The van der Waals surface area contributed by atoms with Crippen LogP contribution in [0.4, 0.5) is 0 Å². The quantitative estimate of drug-likeness (QED) is 0.573. The van der Waals surface area contributed by atoms with Gasteiger partial charge in [-0.25, -0.2) is 0 Å². The maximum Gasteiger partial charge on any atom is 0.308 e. The van der Waals surface area contributed by atoms with Crippen LogP contribution in [0.1, 0.15) is 59.8 Å². The highest BCUT2D eigenvalue weighted by atomic mass is 16.5. The topological polar surface area (TPSA) is 68.1 Å². The lowest BCUT2D eigenvalue weighted by atomic mass is 9.84. The van der Waals surface area contributed by atoms with E-state index in [1.54, 1.807) is 0 Å². The summed E-state index contributed by atoms with van der Waals surface area (Å²) in [5.74, 6) is 0.305. The Bertz CT molecular complexity index is 508. The highest BCUT2D eigenvalue weighted by Crippen LogP contribution is 2.31. The SMILES string of the molecule is CC(C)[C@H]1OC(=O)CC(C)(C)/N=N\C1C1/C=C\CCC(=O)CC1. The van der Waals surface area contributed by atoms with Crippen LogP contribution in [0.2, 0.25) is 0 Å². The Hall–Kier alpha value is -1.52. The second-order valence-electron chi connectivity index (χ2n) is 7.60. The van der Waals surface area contributed by atoms with Crippen LogP contribution in [-0.4, -0.2) is 29.4 Å². The number of ketones is 1. The zero-order chi connectivity index (χ0) is 17.0. The van der Waals surface area contributed by atoms with Gasteiger partial charge in [0.25, 0.3) is 0 Å². The monoisotopic (exact) mass is 320 g/mol. The summed E-state index contributed by atoms with van der Waals surface area (Å²) in [4.78, 5) is 24.0. The van der Waals surface area contributed by atoms with Gasteiger partial charge in [0.1, 0.15) is 17.9 Å². The minimum atomic E-state index is -0.543. The minimum Gasteiger partial charge on any atom is -0.460 e. The third-order valence-corrected chi connectivity index (χ3v) is 4.47. The van der Waals surface area contributed by atoms with Gasteiger partial charge >= 0.3 is 5.97 Å². The summed E-state index contributed by atoms with van der Waals surface area (Å²) in [6.07, 6.45) is 6.82. The molecular formula is C18H28N2O3. The molecule has 2 aliphatic rings. The summed E-state index contributed by atoms with van der Waals surface area (Å²) in [5.41, 5.74) is -0.543. The van der Waals surface area contributed by atoms with E-state index < -0.39 is 5.54 Å². The lowest BCUT2D eigenvalue weighted by Gasteiger charge is -2.34. The largest absolute Gasteiger partial charge is 0.460 e. The number of ether oxygens (including phenoxy) is 1. The molecule has 1 aliphatic heterocycles. The van der Waals surface area contributed by atoms with Crippen molar-refractivity contribution in [2.24, 2.45) is 22.1 Å². The number of Topliss-reactive ketones (excluding diaryl/α,β-unsaturated/α-hetero) is 1. The number of carbonyl (C=O) groups excluding carboxylic acids is 2. The van der Waals surface area contributed by atoms with E-state index in [2.05, 4.69) is 22.4 Å². The Morgan fingerprint density at radius 1 is 1.26 bits per heavy atom. The molecule has 3 atom stereocenters. The Labute approximate surface area is 138 Å². The lowest BCUT2D eigenvalue weighted by molar-refractivity contribution is -0.155. The van der Waals surface area contributed by atoms with Gasteiger partial charge in [0.2, 0.25) is 0 Å². The maximum absolute atomic E-state index is 12.2. The van der Waals surface area contributed by atoms with Crippen molar-refractivity contribution in [2.75, 3.05) is 0 Å². The second kappa shape index (κ2) is 7.37. The Morgan fingerprint density at radius 3 is 2.70 bits per heavy atom. The van der Waals surface area contributed by atoms with Gasteiger partial charge in [-0.05, 0) is 32.6 Å². The average Bonchev–Trinajstić information content (AvgIpc) is 2.41. The van der Waals surface area contributed by atoms with E-state index in [0.717, 1.165) is 12.8 Å². The molecule has 1 aliphatic carbocycles. The molecule has 0 saturated carbocycles. The first-order valence-electron chi connectivity index (χ1n) is 8.58. The smallest absolute Gasteiger partial charge is 0.308 e. The summed E-state index contributed by atoms with van der Waals surface area (Å²) >= 11 is 0. The molecule has 0 saturated heterocycles. The number of cyclic esters (lactones) is 1. The molecule has 1 heterocycles. The standard InChI is InChI=1S/C18H28N2O3/c1-12(2)17-16(13-7-5-6-8-14(21)10-9-13)19-20-18(3,4)11-15(22)23-17/h5,7,12-13,16-17H,6,8-11H2,1-4H3/b7-5-,20-19-/t13?,16?,17-/m1/s1. The van der Waals surface area contributed by atoms with Gasteiger partial charge in [-0.3, -0.25) is 9.59 Å². The number of allylic oxidation sites excluding steroid dienone is 1. The van der Waals surface area contributed by atoms with Crippen LogP contribution in [0, 0.1) is 11.8 Å². The molecule has 2 unspecified atom stereocenters. The van der Waals surface area contributed by atoms with Crippen molar-refractivity contribution in [3.63, 3.8) is 0 Å². The molecule has 23 heavy (non-hydrogen) atoms. The minimum absolute atomic E-state index is 0.0806. The number of hydrogen-bond acceptors (Lipinski definition) is 5. The number of rotatable bonds is 2. The highest BCUT2D eigenvalue weighted by molar-refractivity contribution is 5.78. The fourth-order valence-corrected chi connectivity index (χ4v) is 3.15. The van der Waals surface area contributed by atoms with E-state index in [4.69, 9.17) is 4.74 Å². The predicted octanol–water partition coefficient (Wildman–Crippen LogP) is 3.87. The highest BCUT2D eigenvalue weighted by Gasteiger charge is 2.37. The molecule has 128 valence electrons. The van der Waals surface area contributed by atoms with E-state index in [0.29, 0.717) is 18.6 Å². The van der Waals surface area contributed by atoms with Gasteiger partial charge in [-0.2, -0.15) is 10.2 Å². The van der Waals surface area contributed by atoms with Crippen molar-refractivity contribution in [3.8, 4) is 0 Å². The third kappa shape index (κ3) is 4.98. The zero-order valence-corrected chi connectivity index (χ0v) is 14.6. The molecule has 0 fully saturated rings. The normalized spacial score (nSPS) is 34.7. The van der Waals surface area contributed by atoms with Gasteiger partial charge in [0.05, 0.1) is 12.0 Å². The van der Waals surface area contributed by atoms with Gasteiger partial charge < -0.3 is 4.74 Å². The summed E-state index contributed by atoms with van der Waals surface area (Å²) in [6, 6.07) is -0.222. The van der Waals surface area contributed by atoms with Crippen LogP contribution in [0.15, 0.2) is 22.4 Å². The van der Waals surface area contributed by atoms with Crippen molar-refractivity contribution >= 4 is 11.8 Å². The molecule has 0 spiro atoms. The third-order valence-electron chi connectivity index (χ3n) is 4.47. The van der Waals surface area contributed by atoms with Crippen molar-refractivity contribution in [1.82, 2.24) is 0 Å². The van der Waals surface area contributed by atoms with Gasteiger partial charge in [0, 0.05) is 18.8 Å². The first-order chi connectivity index (χ1) is 10.8. The zero-order valence-electron chi connectivity index (χ0n) is 14.6. The first-order valence-corrected chi connectivity index (χ1v) is 8.58.